The first-order chi connectivity index (χ1) is 9.11. The maximum Gasteiger partial charge on any atom is 0.0862 e. The highest BCUT2D eigenvalue weighted by Crippen LogP contribution is 2.37. The van der Waals surface area contributed by atoms with Crippen molar-refractivity contribution in [1.29, 1.82) is 0 Å². The molecule has 2 fully saturated rings. The number of aromatic nitrogens is 2. The summed E-state index contributed by atoms with van der Waals surface area (Å²) in [6.45, 7) is 3.01. The summed E-state index contributed by atoms with van der Waals surface area (Å²) in [6, 6.07) is 0. The van der Waals surface area contributed by atoms with Crippen molar-refractivity contribution < 1.29 is 10.2 Å². The van der Waals surface area contributed by atoms with E-state index in [1.807, 2.05) is 0 Å². The number of nitrogen functional groups attached to an aromatic ring is 1. The quantitative estimate of drug-likeness (QED) is 0.686. The van der Waals surface area contributed by atoms with Gasteiger partial charge in [0.25, 0.3) is 0 Å². The van der Waals surface area contributed by atoms with E-state index in [2.05, 4.69) is 10.00 Å². The molecule has 3 rings (SSSR count). The summed E-state index contributed by atoms with van der Waals surface area (Å²) in [5.41, 5.74) is 6.21. The van der Waals surface area contributed by atoms with Gasteiger partial charge in [0.05, 0.1) is 30.6 Å². The molecule has 1 aromatic rings. The Morgan fingerprint density at radius 2 is 2.21 bits per heavy atom. The summed E-state index contributed by atoms with van der Waals surface area (Å²) in [6.07, 6.45) is 4.79. The van der Waals surface area contributed by atoms with Gasteiger partial charge in [-0.25, -0.2) is 0 Å². The molecule has 6 heteroatoms. The molecule has 0 radical (unpaired) electrons. The fourth-order valence-electron chi connectivity index (χ4n) is 3.53. The predicted octanol–water partition coefficient (Wildman–Crippen LogP) is -0.471. The summed E-state index contributed by atoms with van der Waals surface area (Å²) in [5.74, 6) is 1.02. The molecule has 0 amide bonds. The van der Waals surface area contributed by atoms with Crippen molar-refractivity contribution in [2.75, 3.05) is 25.4 Å². The minimum absolute atomic E-state index is 0.141. The zero-order valence-electron chi connectivity index (χ0n) is 11.0. The number of hydrogen-bond donors (Lipinski definition) is 3. The van der Waals surface area contributed by atoms with E-state index >= 15 is 0 Å². The molecule has 1 aromatic heterocycles. The van der Waals surface area contributed by atoms with Crippen LogP contribution in [0.25, 0.3) is 0 Å². The molecule has 6 nitrogen and oxygen atoms in total. The number of fused-ring (bicyclic) bond motifs is 1. The number of rotatable bonds is 4. The SMILES string of the molecule is Nc1cnn(CC(O)CN2CC3CCC(O)C3C2)c1. The minimum atomic E-state index is -0.449. The van der Waals surface area contributed by atoms with Crippen molar-refractivity contribution in [3.05, 3.63) is 12.4 Å². The second kappa shape index (κ2) is 5.11. The van der Waals surface area contributed by atoms with Crippen LogP contribution in [0.2, 0.25) is 0 Å². The van der Waals surface area contributed by atoms with E-state index in [-0.39, 0.29) is 6.10 Å². The fraction of sp³-hybridized carbons (Fsp3) is 0.769. The molecule has 1 saturated carbocycles. The molecular formula is C13H22N4O2. The molecule has 4 unspecified atom stereocenters. The van der Waals surface area contributed by atoms with Gasteiger partial charge >= 0.3 is 0 Å². The number of hydrogen-bond acceptors (Lipinski definition) is 5. The lowest BCUT2D eigenvalue weighted by atomic mass is 10.00. The second-order valence-corrected chi connectivity index (χ2v) is 5.94. The van der Waals surface area contributed by atoms with Crippen LogP contribution in [-0.4, -0.2) is 56.7 Å². The van der Waals surface area contributed by atoms with Gasteiger partial charge in [-0.05, 0) is 18.8 Å². The van der Waals surface area contributed by atoms with Gasteiger partial charge in [-0.1, -0.05) is 0 Å². The predicted molar refractivity (Wildman–Crippen MR) is 71.3 cm³/mol. The van der Waals surface area contributed by atoms with Crippen LogP contribution in [0.4, 0.5) is 5.69 Å². The van der Waals surface area contributed by atoms with Crippen LogP contribution >= 0.6 is 0 Å². The molecule has 19 heavy (non-hydrogen) atoms. The lowest BCUT2D eigenvalue weighted by Gasteiger charge is -2.21. The first-order valence-electron chi connectivity index (χ1n) is 6.98. The number of aliphatic hydroxyl groups excluding tert-OH is 2. The van der Waals surface area contributed by atoms with Gasteiger partial charge in [0.1, 0.15) is 0 Å². The standard InChI is InChI=1S/C13H22N4O2/c14-10-3-15-17(5-10)7-11(18)6-16-4-9-1-2-13(19)12(9)8-16/h3,5,9,11-13,18-19H,1-2,4,6-8,14H2. The zero-order valence-corrected chi connectivity index (χ0v) is 11.0. The Balaban J connectivity index is 1.49. The summed E-state index contributed by atoms with van der Waals surface area (Å²) < 4.78 is 1.67. The van der Waals surface area contributed by atoms with Gasteiger partial charge in [-0.2, -0.15) is 5.10 Å². The third-order valence-corrected chi connectivity index (χ3v) is 4.41. The van der Waals surface area contributed by atoms with Crippen molar-refractivity contribution in [3.8, 4) is 0 Å². The minimum Gasteiger partial charge on any atom is -0.396 e. The highest BCUT2D eigenvalue weighted by Gasteiger charge is 2.41. The topological polar surface area (TPSA) is 87.5 Å². The van der Waals surface area contributed by atoms with Crippen molar-refractivity contribution in [3.63, 3.8) is 0 Å². The Morgan fingerprint density at radius 1 is 1.37 bits per heavy atom. The Labute approximate surface area is 112 Å². The van der Waals surface area contributed by atoms with Gasteiger partial charge in [-0.15, -0.1) is 0 Å². The molecule has 2 heterocycles. The van der Waals surface area contributed by atoms with Crippen LogP contribution in [-0.2, 0) is 6.54 Å². The number of nitrogens with two attached hydrogens (primary N) is 1. The highest BCUT2D eigenvalue weighted by molar-refractivity contribution is 5.30. The number of anilines is 1. The Hall–Kier alpha value is -1.11. The van der Waals surface area contributed by atoms with Crippen LogP contribution in [0.15, 0.2) is 12.4 Å². The Bertz CT molecular complexity index is 436. The molecule has 1 aliphatic carbocycles. The zero-order chi connectivity index (χ0) is 13.4. The lowest BCUT2D eigenvalue weighted by molar-refractivity contribution is 0.0897. The summed E-state index contributed by atoms with van der Waals surface area (Å²) in [7, 11) is 0. The first kappa shape index (κ1) is 12.9. The van der Waals surface area contributed by atoms with Crippen LogP contribution in [0, 0.1) is 11.8 Å². The van der Waals surface area contributed by atoms with Crippen molar-refractivity contribution in [1.82, 2.24) is 14.7 Å². The second-order valence-electron chi connectivity index (χ2n) is 5.94. The van der Waals surface area contributed by atoms with Crippen LogP contribution in [0.1, 0.15) is 12.8 Å². The Kier molecular flexibility index (Phi) is 3.47. The molecule has 2 aliphatic rings. The van der Waals surface area contributed by atoms with Gasteiger partial charge in [0.2, 0.25) is 0 Å². The van der Waals surface area contributed by atoms with Crippen molar-refractivity contribution in [2.45, 2.75) is 31.6 Å². The number of nitrogens with zero attached hydrogens (tertiary/aromatic N) is 3. The molecule has 0 bridgehead atoms. The normalized spacial score (nSPS) is 32.6. The average Bonchev–Trinajstić information content (AvgIpc) is 2.99. The maximum atomic E-state index is 10.1. The van der Waals surface area contributed by atoms with E-state index < -0.39 is 6.10 Å². The fourth-order valence-corrected chi connectivity index (χ4v) is 3.53. The molecule has 1 saturated heterocycles. The monoisotopic (exact) mass is 266 g/mol. The van der Waals surface area contributed by atoms with Crippen LogP contribution in [0.5, 0.6) is 0 Å². The lowest BCUT2D eigenvalue weighted by Crippen LogP contribution is -2.34. The summed E-state index contributed by atoms with van der Waals surface area (Å²) in [4.78, 5) is 2.26. The van der Waals surface area contributed by atoms with Crippen molar-refractivity contribution in [2.24, 2.45) is 11.8 Å². The van der Waals surface area contributed by atoms with E-state index in [1.54, 1.807) is 17.1 Å². The molecule has 4 atom stereocenters. The summed E-state index contributed by atoms with van der Waals surface area (Å²) >= 11 is 0. The molecule has 0 aromatic carbocycles. The summed E-state index contributed by atoms with van der Waals surface area (Å²) in [5, 5.41) is 24.0. The number of likely N-dealkylation sites (tertiary alicyclic amines) is 1. The van der Waals surface area contributed by atoms with E-state index in [1.165, 1.54) is 0 Å². The smallest absolute Gasteiger partial charge is 0.0862 e. The molecule has 4 N–H and O–H groups in total. The first-order valence-corrected chi connectivity index (χ1v) is 6.98. The molecule has 0 spiro atoms. The third-order valence-electron chi connectivity index (χ3n) is 4.41. The average molecular weight is 266 g/mol. The molecule has 106 valence electrons. The Morgan fingerprint density at radius 3 is 2.89 bits per heavy atom. The maximum absolute atomic E-state index is 10.1. The number of β-amino-alcohol motifs (C(OH)–C–C–N with tert-alkyl or cyclic N) is 1. The molecular weight excluding hydrogens is 244 g/mol. The largest absolute Gasteiger partial charge is 0.396 e. The van der Waals surface area contributed by atoms with E-state index in [4.69, 9.17) is 5.73 Å². The van der Waals surface area contributed by atoms with Gasteiger partial charge in [0.15, 0.2) is 0 Å². The van der Waals surface area contributed by atoms with Gasteiger partial charge in [0, 0.05) is 31.7 Å². The van der Waals surface area contributed by atoms with E-state index in [0.29, 0.717) is 30.6 Å². The van der Waals surface area contributed by atoms with Crippen LogP contribution < -0.4 is 5.73 Å². The van der Waals surface area contributed by atoms with E-state index in [9.17, 15) is 10.2 Å². The highest BCUT2D eigenvalue weighted by atomic mass is 16.3. The van der Waals surface area contributed by atoms with Crippen LogP contribution in [0.3, 0.4) is 0 Å². The number of aliphatic hydroxyl groups is 2. The third kappa shape index (κ3) is 2.75. The van der Waals surface area contributed by atoms with Gasteiger partial charge in [-0.3, -0.25) is 4.68 Å². The van der Waals surface area contributed by atoms with Crippen molar-refractivity contribution >= 4 is 5.69 Å². The van der Waals surface area contributed by atoms with Gasteiger partial charge < -0.3 is 20.8 Å². The molecule has 1 aliphatic heterocycles. The van der Waals surface area contributed by atoms with E-state index in [0.717, 1.165) is 25.9 Å².